The highest BCUT2D eigenvalue weighted by atomic mass is 79.9. The van der Waals surface area contributed by atoms with Gasteiger partial charge in [0, 0.05) is 30.2 Å². The molecule has 0 amide bonds. The molecule has 1 heterocycles. The maximum atomic E-state index is 3.82. The van der Waals surface area contributed by atoms with Gasteiger partial charge in [0.15, 0.2) is 0 Å². The molecule has 1 aromatic heterocycles. The van der Waals surface area contributed by atoms with E-state index in [0.717, 1.165) is 4.47 Å². The highest BCUT2D eigenvalue weighted by Gasteiger charge is 2.50. The van der Waals surface area contributed by atoms with Crippen molar-refractivity contribution in [2.45, 2.75) is 5.41 Å². The Balaban J connectivity index is 1.55. The second kappa shape index (κ2) is 7.79. The van der Waals surface area contributed by atoms with E-state index in [0.29, 0.717) is 0 Å². The first-order valence-corrected chi connectivity index (χ1v) is 14.9. The Hall–Kier alpha value is -3.98. The van der Waals surface area contributed by atoms with E-state index in [1.165, 1.54) is 75.8 Å². The molecule has 2 aliphatic carbocycles. The fourth-order valence-corrected chi connectivity index (χ4v) is 8.96. The van der Waals surface area contributed by atoms with Crippen molar-refractivity contribution in [1.29, 1.82) is 0 Å². The first-order chi connectivity index (χ1) is 19.3. The van der Waals surface area contributed by atoms with Gasteiger partial charge in [0.2, 0.25) is 0 Å². The fourth-order valence-electron chi connectivity index (χ4n) is 7.33. The third-order valence-corrected chi connectivity index (χ3v) is 10.5. The normalized spacial score (nSPS) is 16.4. The molecule has 0 saturated carbocycles. The molecule has 7 aromatic rings. The minimum atomic E-state index is -0.429. The summed E-state index contributed by atoms with van der Waals surface area (Å²) in [4.78, 5) is 0. The van der Waals surface area contributed by atoms with Gasteiger partial charge < -0.3 is 0 Å². The lowest BCUT2D eigenvalue weighted by atomic mass is 9.66. The number of fused-ring (bicyclic) bond motifs is 16. The van der Waals surface area contributed by atoms with Crippen LogP contribution in [-0.4, -0.2) is 0 Å². The maximum Gasteiger partial charge on any atom is 0.0726 e. The average Bonchev–Trinajstić information content (AvgIpc) is 3.48. The van der Waals surface area contributed by atoms with Crippen molar-refractivity contribution < 1.29 is 0 Å². The molecule has 0 bridgehead atoms. The van der Waals surface area contributed by atoms with Gasteiger partial charge in [-0.05, 0) is 68.3 Å². The molecule has 1 unspecified atom stereocenters. The van der Waals surface area contributed by atoms with Crippen molar-refractivity contribution in [2.75, 3.05) is 0 Å². The summed E-state index contributed by atoms with van der Waals surface area (Å²) in [6, 6.07) is 47.6. The van der Waals surface area contributed by atoms with E-state index in [-0.39, 0.29) is 0 Å². The second-order valence-electron chi connectivity index (χ2n) is 10.5. The van der Waals surface area contributed by atoms with Crippen molar-refractivity contribution in [2.24, 2.45) is 0 Å². The van der Waals surface area contributed by atoms with Gasteiger partial charge in [0.05, 0.1) is 5.41 Å². The lowest BCUT2D eigenvalue weighted by molar-refractivity contribution is 0.776. The molecule has 9 rings (SSSR count). The number of rotatable bonds is 0. The molecule has 0 fully saturated rings. The predicted molar refractivity (Wildman–Crippen MR) is 169 cm³/mol. The number of benzene rings is 6. The first kappa shape index (κ1) is 21.9. The largest absolute Gasteiger partial charge is 0.135 e. The number of hydrogen-bond acceptors (Lipinski definition) is 1. The smallest absolute Gasteiger partial charge is 0.0726 e. The highest BCUT2D eigenvalue weighted by Crippen LogP contribution is 2.63. The number of halogens is 1. The average molecular weight is 578 g/mol. The molecule has 39 heavy (non-hydrogen) atoms. The Morgan fingerprint density at radius 3 is 1.87 bits per heavy atom. The van der Waals surface area contributed by atoms with Gasteiger partial charge >= 0.3 is 0 Å². The zero-order valence-corrected chi connectivity index (χ0v) is 23.3. The molecular weight excluding hydrogens is 556 g/mol. The topological polar surface area (TPSA) is 0 Å². The van der Waals surface area contributed by atoms with Crippen molar-refractivity contribution in [3.63, 3.8) is 0 Å². The van der Waals surface area contributed by atoms with E-state index in [4.69, 9.17) is 0 Å². The van der Waals surface area contributed by atoms with Crippen LogP contribution < -0.4 is 0 Å². The molecule has 0 N–H and O–H groups in total. The van der Waals surface area contributed by atoms with Gasteiger partial charge in [-0.3, -0.25) is 0 Å². The molecule has 2 heteroatoms. The van der Waals surface area contributed by atoms with Crippen molar-refractivity contribution in [3.05, 3.63) is 154 Å². The summed E-state index contributed by atoms with van der Waals surface area (Å²) >= 11 is 5.75. The Morgan fingerprint density at radius 1 is 0.462 bits per heavy atom. The summed E-state index contributed by atoms with van der Waals surface area (Å²) in [5.74, 6) is 0. The monoisotopic (exact) mass is 576 g/mol. The van der Waals surface area contributed by atoms with Gasteiger partial charge in [-0.15, -0.1) is 11.3 Å². The summed E-state index contributed by atoms with van der Waals surface area (Å²) in [6.45, 7) is 0. The van der Waals surface area contributed by atoms with Crippen LogP contribution in [0.1, 0.15) is 22.3 Å². The quantitative estimate of drug-likeness (QED) is 0.168. The summed E-state index contributed by atoms with van der Waals surface area (Å²) in [6.07, 6.45) is 0. The van der Waals surface area contributed by atoms with E-state index in [9.17, 15) is 0 Å². The van der Waals surface area contributed by atoms with E-state index in [1.807, 2.05) is 11.3 Å². The molecule has 2 aliphatic rings. The Kier molecular flexibility index (Phi) is 4.37. The van der Waals surface area contributed by atoms with Crippen LogP contribution in [0.25, 0.3) is 53.6 Å². The molecule has 1 atom stereocenters. The Bertz CT molecular complexity index is 2150. The lowest BCUT2D eigenvalue weighted by Crippen LogP contribution is -2.29. The van der Waals surface area contributed by atoms with E-state index in [1.54, 1.807) is 0 Å². The Labute approximate surface area is 239 Å². The van der Waals surface area contributed by atoms with Crippen molar-refractivity contribution in [3.8, 4) is 33.4 Å². The van der Waals surface area contributed by atoms with Crippen LogP contribution in [-0.2, 0) is 5.41 Å². The standard InChI is InChI=1S/C37H21BrS/c38-22-17-19-32-29(21-22)24-10-2-1-9-23(24)25-11-3-6-14-30(25)37(32)31-15-7-4-13-28(31)35-33(37)20-18-27-26-12-5-8-16-34(26)39-36(27)35/h1-21H. The summed E-state index contributed by atoms with van der Waals surface area (Å²) < 4.78 is 3.83. The van der Waals surface area contributed by atoms with Crippen LogP contribution in [0.15, 0.2) is 132 Å². The molecule has 0 radical (unpaired) electrons. The minimum absolute atomic E-state index is 0.429. The van der Waals surface area contributed by atoms with E-state index >= 15 is 0 Å². The molecule has 0 saturated heterocycles. The molecule has 182 valence electrons. The van der Waals surface area contributed by atoms with E-state index in [2.05, 4.69) is 143 Å². The first-order valence-electron chi connectivity index (χ1n) is 13.3. The summed E-state index contributed by atoms with van der Waals surface area (Å²) in [5, 5.41) is 2.69. The summed E-state index contributed by atoms with van der Waals surface area (Å²) in [7, 11) is 0. The van der Waals surface area contributed by atoms with Gasteiger partial charge in [-0.2, -0.15) is 0 Å². The third-order valence-electron chi connectivity index (χ3n) is 8.78. The lowest BCUT2D eigenvalue weighted by Gasteiger charge is -2.35. The predicted octanol–water partition coefficient (Wildman–Crippen LogP) is 10.8. The Morgan fingerprint density at radius 2 is 1.05 bits per heavy atom. The van der Waals surface area contributed by atoms with Crippen LogP contribution in [0, 0.1) is 0 Å². The fraction of sp³-hybridized carbons (Fsp3) is 0.0270. The highest BCUT2D eigenvalue weighted by molar-refractivity contribution is 9.10. The van der Waals surface area contributed by atoms with Crippen molar-refractivity contribution >= 4 is 47.4 Å². The zero-order chi connectivity index (χ0) is 25.7. The minimum Gasteiger partial charge on any atom is -0.135 e. The summed E-state index contributed by atoms with van der Waals surface area (Å²) in [5.41, 5.74) is 12.9. The second-order valence-corrected chi connectivity index (χ2v) is 12.5. The third kappa shape index (κ3) is 2.68. The van der Waals surface area contributed by atoms with Crippen molar-refractivity contribution in [1.82, 2.24) is 0 Å². The molecule has 0 aliphatic heterocycles. The van der Waals surface area contributed by atoms with Crippen LogP contribution >= 0.6 is 27.3 Å². The maximum absolute atomic E-state index is 3.82. The van der Waals surface area contributed by atoms with Crippen LogP contribution in [0.4, 0.5) is 0 Å². The number of thiophene rings is 1. The van der Waals surface area contributed by atoms with Gasteiger partial charge in [-0.25, -0.2) is 0 Å². The van der Waals surface area contributed by atoms with Crippen LogP contribution in [0.5, 0.6) is 0 Å². The van der Waals surface area contributed by atoms with Gasteiger partial charge in [-0.1, -0.05) is 125 Å². The van der Waals surface area contributed by atoms with Gasteiger partial charge in [0.1, 0.15) is 0 Å². The molecule has 6 aromatic carbocycles. The van der Waals surface area contributed by atoms with E-state index < -0.39 is 5.41 Å². The molecule has 1 spiro atoms. The SMILES string of the molecule is Brc1ccc2c(c1)-c1ccccc1-c1ccccc1C21c2ccccc2-c2c1ccc1c2sc2ccccc21. The van der Waals surface area contributed by atoms with Crippen LogP contribution in [0.3, 0.4) is 0 Å². The van der Waals surface area contributed by atoms with Gasteiger partial charge in [0.25, 0.3) is 0 Å². The molecular formula is C37H21BrS. The molecule has 0 nitrogen and oxygen atoms in total. The number of hydrogen-bond donors (Lipinski definition) is 0. The zero-order valence-electron chi connectivity index (χ0n) is 20.9. The van der Waals surface area contributed by atoms with Crippen LogP contribution in [0.2, 0.25) is 0 Å².